The fourth-order valence-corrected chi connectivity index (χ4v) is 2.90. The molecule has 2 heterocycles. The third-order valence-electron chi connectivity index (χ3n) is 3.95. The Kier molecular flexibility index (Phi) is 3.49. The summed E-state index contributed by atoms with van der Waals surface area (Å²) in [6.07, 6.45) is 2.58. The quantitative estimate of drug-likeness (QED) is 0.870. The molecule has 4 heteroatoms. The zero-order chi connectivity index (χ0) is 14.1. The molecule has 1 N–H and O–H groups in total. The van der Waals surface area contributed by atoms with Crippen molar-refractivity contribution in [3.63, 3.8) is 0 Å². The Morgan fingerprint density at radius 1 is 1.50 bits per heavy atom. The summed E-state index contributed by atoms with van der Waals surface area (Å²) in [5.41, 5.74) is 1.65. The number of ether oxygens (including phenoxy) is 2. The first-order valence-electron chi connectivity index (χ1n) is 7.11. The van der Waals surface area contributed by atoms with Crippen LogP contribution in [-0.4, -0.2) is 30.1 Å². The Morgan fingerprint density at radius 2 is 2.35 bits per heavy atom. The number of carbonyl (C=O) groups is 1. The van der Waals surface area contributed by atoms with Gasteiger partial charge < -0.3 is 14.5 Å². The Bertz CT molecular complexity index is 632. The number of carbonyl (C=O) groups excluding carboxylic acids is 1. The second kappa shape index (κ2) is 5.29. The monoisotopic (exact) mass is 273 g/mol. The molecule has 1 aromatic heterocycles. The third-order valence-corrected chi connectivity index (χ3v) is 3.95. The fourth-order valence-electron chi connectivity index (χ4n) is 2.90. The highest BCUT2D eigenvalue weighted by molar-refractivity contribution is 6.11. The van der Waals surface area contributed by atoms with Crippen LogP contribution in [0.4, 0.5) is 0 Å². The molecule has 0 radical (unpaired) electrons. The molecule has 0 bridgehead atoms. The number of ketones is 1. The SMILES string of the molecule is CCOc1cccc2[nH]cc(C(=O)C3CCOC3C)c12. The van der Waals surface area contributed by atoms with E-state index in [-0.39, 0.29) is 17.8 Å². The van der Waals surface area contributed by atoms with Crippen molar-refractivity contribution in [2.45, 2.75) is 26.4 Å². The van der Waals surface area contributed by atoms with E-state index in [1.165, 1.54) is 0 Å². The maximum absolute atomic E-state index is 12.7. The summed E-state index contributed by atoms with van der Waals surface area (Å²) in [5, 5.41) is 0.887. The number of rotatable bonds is 4. The molecule has 20 heavy (non-hydrogen) atoms. The average Bonchev–Trinajstić information content (AvgIpc) is 3.05. The van der Waals surface area contributed by atoms with Gasteiger partial charge in [0.25, 0.3) is 0 Å². The van der Waals surface area contributed by atoms with E-state index in [4.69, 9.17) is 9.47 Å². The van der Waals surface area contributed by atoms with Crippen molar-refractivity contribution >= 4 is 16.7 Å². The molecule has 2 atom stereocenters. The van der Waals surface area contributed by atoms with Crippen LogP contribution in [0.3, 0.4) is 0 Å². The normalized spacial score (nSPS) is 22.3. The van der Waals surface area contributed by atoms with Crippen LogP contribution in [-0.2, 0) is 4.74 Å². The number of hydrogen-bond acceptors (Lipinski definition) is 3. The van der Waals surface area contributed by atoms with Gasteiger partial charge in [-0.3, -0.25) is 4.79 Å². The number of aromatic nitrogens is 1. The minimum Gasteiger partial charge on any atom is -0.493 e. The molecule has 106 valence electrons. The molecule has 2 aromatic rings. The van der Waals surface area contributed by atoms with Gasteiger partial charge >= 0.3 is 0 Å². The van der Waals surface area contributed by atoms with Crippen LogP contribution in [0, 0.1) is 5.92 Å². The van der Waals surface area contributed by atoms with Crippen molar-refractivity contribution in [3.8, 4) is 5.75 Å². The second-order valence-corrected chi connectivity index (χ2v) is 5.15. The van der Waals surface area contributed by atoms with Gasteiger partial charge in [0.2, 0.25) is 0 Å². The molecular weight excluding hydrogens is 254 g/mol. The smallest absolute Gasteiger partial charge is 0.170 e. The molecule has 2 unspecified atom stereocenters. The summed E-state index contributed by atoms with van der Waals surface area (Å²) in [5.74, 6) is 0.859. The average molecular weight is 273 g/mol. The minimum absolute atomic E-state index is 0.00768. The highest BCUT2D eigenvalue weighted by atomic mass is 16.5. The Hall–Kier alpha value is -1.81. The number of benzene rings is 1. The molecule has 0 amide bonds. The highest BCUT2D eigenvalue weighted by Gasteiger charge is 2.33. The van der Waals surface area contributed by atoms with Crippen LogP contribution in [0.15, 0.2) is 24.4 Å². The molecule has 1 fully saturated rings. The topological polar surface area (TPSA) is 51.3 Å². The van der Waals surface area contributed by atoms with Crippen LogP contribution in [0.1, 0.15) is 30.6 Å². The Morgan fingerprint density at radius 3 is 3.05 bits per heavy atom. The van der Waals surface area contributed by atoms with E-state index in [0.29, 0.717) is 18.8 Å². The summed E-state index contributed by atoms with van der Waals surface area (Å²) in [4.78, 5) is 15.9. The lowest BCUT2D eigenvalue weighted by molar-refractivity contribution is 0.0765. The number of fused-ring (bicyclic) bond motifs is 1. The second-order valence-electron chi connectivity index (χ2n) is 5.15. The maximum atomic E-state index is 12.7. The van der Waals surface area contributed by atoms with E-state index in [0.717, 1.165) is 23.1 Å². The first-order chi connectivity index (χ1) is 9.72. The molecule has 4 nitrogen and oxygen atoms in total. The summed E-state index contributed by atoms with van der Waals surface area (Å²) in [6.45, 7) is 5.16. The number of nitrogens with one attached hydrogen (secondary N) is 1. The van der Waals surface area contributed by atoms with Crippen LogP contribution >= 0.6 is 0 Å². The van der Waals surface area contributed by atoms with Crippen LogP contribution in [0.5, 0.6) is 5.75 Å². The predicted molar refractivity (Wildman–Crippen MR) is 77.3 cm³/mol. The van der Waals surface area contributed by atoms with E-state index in [1.54, 1.807) is 6.20 Å². The van der Waals surface area contributed by atoms with Gasteiger partial charge in [-0.15, -0.1) is 0 Å². The summed E-state index contributed by atoms with van der Waals surface area (Å²) < 4.78 is 11.2. The molecule has 0 aliphatic carbocycles. The number of Topliss-reactive ketones (excluding diaryl/α,β-unsaturated/α-hetero) is 1. The fraction of sp³-hybridized carbons (Fsp3) is 0.438. The molecule has 0 spiro atoms. The van der Waals surface area contributed by atoms with Gasteiger partial charge in [-0.2, -0.15) is 0 Å². The standard InChI is InChI=1S/C16H19NO3/c1-3-19-14-6-4-5-13-15(14)12(9-17-13)16(18)11-7-8-20-10(11)2/h4-6,9-11,17H,3,7-8H2,1-2H3. The Balaban J connectivity index is 2.05. The molecular formula is C16H19NO3. The van der Waals surface area contributed by atoms with Crippen molar-refractivity contribution < 1.29 is 14.3 Å². The first-order valence-corrected chi connectivity index (χ1v) is 7.11. The van der Waals surface area contributed by atoms with E-state index >= 15 is 0 Å². The van der Waals surface area contributed by atoms with Gasteiger partial charge in [-0.05, 0) is 32.4 Å². The van der Waals surface area contributed by atoms with Crippen molar-refractivity contribution in [1.29, 1.82) is 0 Å². The first kappa shape index (κ1) is 13.2. The summed E-state index contributed by atoms with van der Waals surface area (Å²) >= 11 is 0. The van der Waals surface area contributed by atoms with Crippen molar-refractivity contribution in [3.05, 3.63) is 30.0 Å². The van der Waals surface area contributed by atoms with Crippen LogP contribution < -0.4 is 4.74 Å². The molecule has 0 saturated carbocycles. The van der Waals surface area contributed by atoms with Crippen molar-refractivity contribution in [2.75, 3.05) is 13.2 Å². The zero-order valence-corrected chi connectivity index (χ0v) is 11.8. The van der Waals surface area contributed by atoms with Gasteiger partial charge in [-0.1, -0.05) is 6.07 Å². The van der Waals surface area contributed by atoms with Gasteiger partial charge in [0, 0.05) is 23.9 Å². The maximum Gasteiger partial charge on any atom is 0.170 e. The van der Waals surface area contributed by atoms with Gasteiger partial charge in [-0.25, -0.2) is 0 Å². The molecule has 3 rings (SSSR count). The lowest BCUT2D eigenvalue weighted by Crippen LogP contribution is -2.21. The summed E-state index contributed by atoms with van der Waals surface area (Å²) in [7, 11) is 0. The number of aromatic amines is 1. The molecule has 1 saturated heterocycles. The van der Waals surface area contributed by atoms with Crippen molar-refractivity contribution in [2.24, 2.45) is 5.92 Å². The molecule has 1 aliphatic heterocycles. The van der Waals surface area contributed by atoms with Gasteiger partial charge in [0.1, 0.15) is 5.75 Å². The highest BCUT2D eigenvalue weighted by Crippen LogP contribution is 2.33. The Labute approximate surface area is 118 Å². The van der Waals surface area contributed by atoms with Gasteiger partial charge in [0.15, 0.2) is 5.78 Å². The predicted octanol–water partition coefficient (Wildman–Crippen LogP) is 3.17. The lowest BCUT2D eigenvalue weighted by atomic mass is 9.92. The van der Waals surface area contributed by atoms with E-state index in [2.05, 4.69) is 4.98 Å². The van der Waals surface area contributed by atoms with Crippen LogP contribution in [0.2, 0.25) is 0 Å². The largest absolute Gasteiger partial charge is 0.493 e. The molecule has 1 aromatic carbocycles. The zero-order valence-electron chi connectivity index (χ0n) is 11.8. The third kappa shape index (κ3) is 2.10. The van der Waals surface area contributed by atoms with Crippen LogP contribution in [0.25, 0.3) is 10.9 Å². The lowest BCUT2D eigenvalue weighted by Gasteiger charge is -2.13. The van der Waals surface area contributed by atoms with E-state index < -0.39 is 0 Å². The number of hydrogen-bond donors (Lipinski definition) is 1. The number of H-pyrrole nitrogens is 1. The van der Waals surface area contributed by atoms with Crippen molar-refractivity contribution in [1.82, 2.24) is 4.98 Å². The van der Waals surface area contributed by atoms with E-state index in [9.17, 15) is 4.79 Å². The minimum atomic E-state index is -0.0521. The summed E-state index contributed by atoms with van der Waals surface area (Å²) in [6, 6.07) is 5.80. The van der Waals surface area contributed by atoms with E-state index in [1.807, 2.05) is 32.0 Å². The molecule has 1 aliphatic rings. The van der Waals surface area contributed by atoms with Gasteiger partial charge in [0.05, 0.1) is 24.0 Å².